The third-order valence-corrected chi connectivity index (χ3v) is 8.93. The molecule has 4 atom stereocenters. The van der Waals surface area contributed by atoms with Gasteiger partial charge in [-0.3, -0.25) is 38.6 Å². The number of nitrogens with two attached hydrogens (primary N) is 2. The van der Waals surface area contributed by atoms with E-state index in [0.717, 1.165) is 12.0 Å². The molecule has 0 spiro atoms. The monoisotopic (exact) mass is 891 g/mol. The first-order valence-corrected chi connectivity index (χ1v) is 21.0. The smallest absolute Gasteiger partial charge is 0.373 e. The fourth-order valence-corrected chi connectivity index (χ4v) is 5.76. The zero-order valence-electron chi connectivity index (χ0n) is 36.2. The van der Waals surface area contributed by atoms with Gasteiger partial charge in [-0.25, -0.2) is 0 Å². The molecule has 0 saturated carbocycles. The van der Waals surface area contributed by atoms with Crippen molar-refractivity contribution in [2.45, 2.75) is 95.8 Å². The van der Waals surface area contributed by atoms with Gasteiger partial charge in [0.15, 0.2) is 11.7 Å². The molecule has 1 aliphatic rings. The van der Waals surface area contributed by atoms with Gasteiger partial charge in [-0.15, -0.1) is 0 Å². The van der Waals surface area contributed by atoms with Crippen molar-refractivity contribution < 1.29 is 62.1 Å². The van der Waals surface area contributed by atoms with E-state index in [4.69, 9.17) is 40.0 Å². The largest absolute Gasteiger partial charge is 0.379 e. The number of carbonyl (C=O) groups excluding carboxylic acids is 9. The van der Waals surface area contributed by atoms with Crippen molar-refractivity contribution in [3.05, 3.63) is 35.9 Å². The number of unbranched alkanes of at least 4 members (excludes halogenated alkanes) is 2. The molecule has 63 heavy (non-hydrogen) atoms. The second-order valence-corrected chi connectivity index (χ2v) is 14.2. The van der Waals surface area contributed by atoms with Gasteiger partial charge in [-0.1, -0.05) is 50.1 Å². The zero-order valence-corrected chi connectivity index (χ0v) is 36.2. The number of hydrogen-bond acceptors (Lipinski definition) is 14. The predicted molar refractivity (Wildman–Crippen MR) is 226 cm³/mol. The van der Waals surface area contributed by atoms with Crippen LogP contribution in [0.5, 0.6) is 0 Å². The molecule has 0 bridgehead atoms. The number of carbonyl (C=O) groups is 7. The summed E-state index contributed by atoms with van der Waals surface area (Å²) in [5.74, 6) is -3.70. The molecule has 22 nitrogen and oxygen atoms in total. The molecule has 10 N–H and O–H groups in total. The molecule has 1 saturated heterocycles. The first-order chi connectivity index (χ1) is 30.3. The summed E-state index contributed by atoms with van der Waals surface area (Å²) >= 11 is 0. The van der Waals surface area contributed by atoms with Gasteiger partial charge in [0.25, 0.3) is 0 Å². The number of ketones is 1. The van der Waals surface area contributed by atoms with Crippen LogP contribution in [-0.4, -0.2) is 150 Å². The van der Waals surface area contributed by atoms with E-state index >= 15 is 0 Å². The minimum atomic E-state index is -1.11. The standard InChI is InChI=1S/C40H65N9O11.CO2/c1-3-18-57-20-23-60-27-35(52)43-17-19-58-21-22-59-26-30(50)13-8-5-9-14-32-38(55)47-31(15-10-16-44-40(41)42)37(54)45-25-34(51)46-28(2)36(53)49-33(39(56)48-32)24-29-11-6-4-7-12-29;2-1-3/h4,6-7,11-12,28,31-33H,3,5,8-10,13-27H2,1-2H3,(H,43,52)(H,45,54)(H,46,51)(H,47,55)(H,48,56)(H,49,53)(H4,41,42,44);/t28-,31+,32?,33+;/m1./s1. The summed E-state index contributed by atoms with van der Waals surface area (Å²) in [6, 6.07) is 4.63. The van der Waals surface area contributed by atoms with Gasteiger partial charge in [0.05, 0.1) is 39.6 Å². The highest BCUT2D eigenvalue weighted by Gasteiger charge is 2.31. The van der Waals surface area contributed by atoms with Crippen LogP contribution < -0.4 is 43.4 Å². The van der Waals surface area contributed by atoms with Gasteiger partial charge in [0, 0.05) is 32.5 Å². The van der Waals surface area contributed by atoms with Crippen molar-refractivity contribution in [2.24, 2.45) is 16.5 Å². The number of nitrogens with zero attached hydrogens (tertiary/aromatic N) is 1. The van der Waals surface area contributed by atoms with Crippen LogP contribution in [0.15, 0.2) is 35.3 Å². The number of nitrogens with one attached hydrogen (secondary N) is 6. The van der Waals surface area contributed by atoms with Gasteiger partial charge < -0.3 is 62.3 Å². The Labute approximate surface area is 367 Å². The molecular formula is C41H65N9O13. The SMILES string of the molecule is CCCOCCOCC(=O)NCCOCCOCC(=O)CCCCCC1NC(=O)[C@H](Cc2ccccc2)NC(=O)[C@@H](C)NC(=O)CNC(=O)[C@H](CCCN=C(N)N)NC1=O.O=C=O. The number of aliphatic imine (C=N–C) groups is 1. The fraction of sp³-hybridized carbons (Fsp3) is 0.634. The first kappa shape index (κ1) is 55.2. The van der Waals surface area contributed by atoms with Crippen LogP contribution in [-0.2, 0) is 68.5 Å². The molecule has 22 heteroatoms. The Morgan fingerprint density at radius 1 is 0.730 bits per heavy atom. The highest BCUT2D eigenvalue weighted by Crippen LogP contribution is 2.11. The highest BCUT2D eigenvalue weighted by molar-refractivity contribution is 5.97. The van der Waals surface area contributed by atoms with Crippen molar-refractivity contribution in [1.29, 1.82) is 0 Å². The molecule has 0 aromatic heterocycles. The molecule has 6 amide bonds. The summed E-state index contributed by atoms with van der Waals surface area (Å²) in [6.45, 7) is 5.48. The van der Waals surface area contributed by atoms with Gasteiger partial charge in [0.1, 0.15) is 37.4 Å². The molecule has 1 unspecified atom stereocenters. The van der Waals surface area contributed by atoms with E-state index < -0.39 is 60.2 Å². The highest BCUT2D eigenvalue weighted by atomic mass is 16.5. The molecule has 1 aromatic carbocycles. The number of benzene rings is 1. The minimum Gasteiger partial charge on any atom is -0.379 e. The van der Waals surface area contributed by atoms with E-state index in [1.165, 1.54) is 6.92 Å². The number of ether oxygens (including phenoxy) is 4. The Bertz CT molecular complexity index is 1610. The molecule has 0 radical (unpaired) electrons. The van der Waals surface area contributed by atoms with Crippen molar-refractivity contribution in [2.75, 3.05) is 72.5 Å². The summed E-state index contributed by atoms with van der Waals surface area (Å²) in [5, 5.41) is 15.9. The maximum absolute atomic E-state index is 13.8. The molecule has 1 aromatic rings. The van der Waals surface area contributed by atoms with Gasteiger partial charge in [0.2, 0.25) is 35.4 Å². The summed E-state index contributed by atoms with van der Waals surface area (Å²) < 4.78 is 21.4. The van der Waals surface area contributed by atoms with Gasteiger partial charge in [-0.05, 0) is 44.6 Å². The van der Waals surface area contributed by atoms with Crippen LogP contribution >= 0.6 is 0 Å². The molecule has 352 valence electrons. The maximum Gasteiger partial charge on any atom is 0.373 e. The van der Waals surface area contributed by atoms with Gasteiger partial charge >= 0.3 is 6.15 Å². The zero-order chi connectivity index (χ0) is 46.7. The van der Waals surface area contributed by atoms with Crippen LogP contribution in [0.4, 0.5) is 0 Å². The summed E-state index contributed by atoms with van der Waals surface area (Å²) in [5.41, 5.74) is 11.6. The van der Waals surface area contributed by atoms with E-state index in [1.807, 2.05) is 13.0 Å². The van der Waals surface area contributed by atoms with E-state index in [9.17, 15) is 33.6 Å². The minimum absolute atomic E-state index is 0.0592. The lowest BCUT2D eigenvalue weighted by Crippen LogP contribution is -2.57. The molecule has 1 heterocycles. The lowest BCUT2D eigenvalue weighted by Gasteiger charge is -2.25. The normalized spacial score (nSPS) is 18.3. The quantitative estimate of drug-likeness (QED) is 0.0267. The Kier molecular flexibility index (Phi) is 30.5. The van der Waals surface area contributed by atoms with Crippen LogP contribution in [0.25, 0.3) is 0 Å². The maximum atomic E-state index is 13.8. The molecule has 2 rings (SSSR count). The Hall–Kier alpha value is -5.80. The van der Waals surface area contributed by atoms with Crippen LogP contribution in [0, 0.1) is 0 Å². The van der Waals surface area contributed by atoms with Crippen molar-refractivity contribution in [1.82, 2.24) is 31.9 Å². The number of amides is 6. The Morgan fingerprint density at radius 3 is 1.98 bits per heavy atom. The lowest BCUT2D eigenvalue weighted by molar-refractivity contribution is -0.191. The molecular weight excluding hydrogens is 827 g/mol. The third-order valence-electron chi connectivity index (χ3n) is 8.93. The second-order valence-electron chi connectivity index (χ2n) is 14.2. The van der Waals surface area contributed by atoms with E-state index in [1.54, 1.807) is 24.3 Å². The second kappa shape index (κ2) is 34.7. The van der Waals surface area contributed by atoms with Crippen LogP contribution in [0.3, 0.4) is 0 Å². The molecule has 1 fully saturated rings. The van der Waals surface area contributed by atoms with Crippen molar-refractivity contribution in [3.63, 3.8) is 0 Å². The van der Waals surface area contributed by atoms with E-state index in [-0.39, 0.29) is 89.1 Å². The number of hydrogen-bond donors (Lipinski definition) is 8. The molecule has 1 aliphatic heterocycles. The number of guanidine groups is 1. The summed E-state index contributed by atoms with van der Waals surface area (Å²) in [6.07, 6.45) is 3.56. The average Bonchev–Trinajstić information content (AvgIpc) is 3.25. The van der Waals surface area contributed by atoms with Crippen LogP contribution in [0.2, 0.25) is 0 Å². The van der Waals surface area contributed by atoms with E-state index in [0.29, 0.717) is 52.0 Å². The van der Waals surface area contributed by atoms with Crippen LogP contribution in [0.1, 0.15) is 70.8 Å². The number of rotatable bonds is 27. The topological polar surface area (TPSA) is 327 Å². The summed E-state index contributed by atoms with van der Waals surface area (Å²) in [4.78, 5) is 111. The van der Waals surface area contributed by atoms with Crippen molar-refractivity contribution >= 4 is 53.3 Å². The summed E-state index contributed by atoms with van der Waals surface area (Å²) in [7, 11) is 0. The lowest BCUT2D eigenvalue weighted by atomic mass is 10.0. The molecule has 0 aliphatic carbocycles. The van der Waals surface area contributed by atoms with Crippen molar-refractivity contribution in [3.8, 4) is 0 Å². The third kappa shape index (κ3) is 27.7. The van der Waals surface area contributed by atoms with E-state index in [2.05, 4.69) is 36.9 Å². The number of Topliss-reactive ketones (excluding diaryl/α,β-unsaturated/α-hetero) is 1. The first-order valence-electron chi connectivity index (χ1n) is 21.0. The fourth-order valence-electron chi connectivity index (χ4n) is 5.76. The Balaban J connectivity index is 0.00000642. The average molecular weight is 892 g/mol. The van der Waals surface area contributed by atoms with Gasteiger partial charge in [-0.2, -0.15) is 9.59 Å². The Morgan fingerprint density at radius 2 is 1.32 bits per heavy atom. The predicted octanol–water partition coefficient (Wildman–Crippen LogP) is -2.10.